The number of nitrogens with two attached hydrogens (primary N) is 1. The van der Waals surface area contributed by atoms with E-state index in [2.05, 4.69) is 19.9 Å². The summed E-state index contributed by atoms with van der Waals surface area (Å²) in [6, 6.07) is 3.12. The van der Waals surface area contributed by atoms with Crippen molar-refractivity contribution in [3.63, 3.8) is 0 Å². The molecule has 3 N–H and O–H groups in total. The maximum Gasteiger partial charge on any atom is 0.193 e. The Bertz CT molecular complexity index is 692. The molecule has 22 heavy (non-hydrogen) atoms. The van der Waals surface area contributed by atoms with Gasteiger partial charge in [0.15, 0.2) is 11.1 Å². The van der Waals surface area contributed by atoms with Crippen LogP contribution in [-0.2, 0) is 13.0 Å². The van der Waals surface area contributed by atoms with Crippen molar-refractivity contribution in [2.24, 2.45) is 10.7 Å². The number of nitrogens with one attached hydrogen (secondary N) is 1. The van der Waals surface area contributed by atoms with Gasteiger partial charge >= 0.3 is 0 Å². The number of aryl methyl sites for hydroxylation is 1. The van der Waals surface area contributed by atoms with Gasteiger partial charge in [0.2, 0.25) is 0 Å². The number of aliphatic imine (C=N–C) groups is 1. The van der Waals surface area contributed by atoms with Gasteiger partial charge < -0.3 is 15.6 Å². The first-order valence-electron chi connectivity index (χ1n) is 6.82. The molecule has 0 amide bonds. The molecule has 1 aromatic heterocycles. The molecular formula is C14H15F2N5S. The molecule has 2 heterocycles. The van der Waals surface area contributed by atoms with Crippen molar-refractivity contribution in [1.29, 1.82) is 0 Å². The summed E-state index contributed by atoms with van der Waals surface area (Å²) in [6.07, 6.45) is 2.66. The van der Waals surface area contributed by atoms with Gasteiger partial charge in [0.1, 0.15) is 11.6 Å². The number of halogens is 2. The largest absolute Gasteiger partial charge is 0.370 e. The molecule has 0 spiro atoms. The number of hydrogen-bond acceptors (Lipinski definition) is 3. The summed E-state index contributed by atoms with van der Waals surface area (Å²) in [5, 5.41) is 3.59. The van der Waals surface area contributed by atoms with E-state index in [-0.39, 0.29) is 11.6 Å². The van der Waals surface area contributed by atoms with Crippen molar-refractivity contribution in [1.82, 2.24) is 9.55 Å². The summed E-state index contributed by atoms with van der Waals surface area (Å²) < 4.78 is 28.6. The zero-order valence-electron chi connectivity index (χ0n) is 11.7. The Labute approximate surface area is 130 Å². The number of guanidine groups is 1. The highest BCUT2D eigenvalue weighted by atomic mass is 32.2. The van der Waals surface area contributed by atoms with E-state index in [1.165, 1.54) is 0 Å². The first-order chi connectivity index (χ1) is 10.6. The Balaban J connectivity index is 1.56. The van der Waals surface area contributed by atoms with E-state index < -0.39 is 11.6 Å². The highest BCUT2D eigenvalue weighted by molar-refractivity contribution is 7.99. The number of hydrogen-bond donors (Lipinski definition) is 2. The summed E-state index contributed by atoms with van der Waals surface area (Å²) >= 11 is 1.73. The standard InChI is InChI=1S/C14H15F2N5S/c15-9-1-2-11(16)12(7-9)20-13(17)18-4-3-10-8-21-5-6-22-14(21)19-10/h1-2,7-8H,3-6H2,(H3,17,18,20). The van der Waals surface area contributed by atoms with Gasteiger partial charge in [-0.1, -0.05) is 11.8 Å². The summed E-state index contributed by atoms with van der Waals surface area (Å²) in [5.41, 5.74) is 6.61. The van der Waals surface area contributed by atoms with Crippen molar-refractivity contribution < 1.29 is 8.78 Å². The molecule has 8 heteroatoms. The predicted molar refractivity (Wildman–Crippen MR) is 83.1 cm³/mol. The second-order valence-electron chi connectivity index (χ2n) is 4.82. The lowest BCUT2D eigenvalue weighted by Crippen LogP contribution is -2.23. The van der Waals surface area contributed by atoms with Gasteiger partial charge in [-0.15, -0.1) is 0 Å². The highest BCUT2D eigenvalue weighted by Crippen LogP contribution is 2.24. The Kier molecular flexibility index (Phi) is 4.28. The lowest BCUT2D eigenvalue weighted by atomic mass is 10.3. The second kappa shape index (κ2) is 6.35. The average Bonchev–Trinajstić information content (AvgIpc) is 3.04. The quantitative estimate of drug-likeness (QED) is 0.669. The van der Waals surface area contributed by atoms with Gasteiger partial charge in [0.25, 0.3) is 0 Å². The van der Waals surface area contributed by atoms with Gasteiger partial charge in [-0.25, -0.2) is 13.8 Å². The Morgan fingerprint density at radius 3 is 3.14 bits per heavy atom. The normalized spacial score (nSPS) is 14.2. The lowest BCUT2D eigenvalue weighted by Gasteiger charge is -2.06. The minimum absolute atomic E-state index is 0.0291. The Hall–Kier alpha value is -2.09. The van der Waals surface area contributed by atoms with Crippen LogP contribution in [0.15, 0.2) is 34.5 Å². The van der Waals surface area contributed by atoms with Crippen molar-refractivity contribution >= 4 is 23.4 Å². The molecule has 1 aliphatic heterocycles. The van der Waals surface area contributed by atoms with E-state index in [1.54, 1.807) is 11.8 Å². The minimum Gasteiger partial charge on any atom is -0.370 e. The smallest absolute Gasteiger partial charge is 0.193 e. The molecule has 116 valence electrons. The fourth-order valence-electron chi connectivity index (χ4n) is 2.14. The molecule has 5 nitrogen and oxygen atoms in total. The number of nitrogens with zero attached hydrogens (tertiary/aromatic N) is 3. The molecule has 0 bridgehead atoms. The molecule has 0 saturated heterocycles. The third-order valence-electron chi connectivity index (χ3n) is 3.19. The van der Waals surface area contributed by atoms with E-state index in [1.807, 2.05) is 6.20 Å². The lowest BCUT2D eigenvalue weighted by molar-refractivity contribution is 0.604. The maximum absolute atomic E-state index is 13.5. The summed E-state index contributed by atoms with van der Waals surface area (Å²) in [7, 11) is 0. The minimum atomic E-state index is -0.581. The molecule has 0 radical (unpaired) electrons. The van der Waals surface area contributed by atoms with Crippen LogP contribution >= 0.6 is 11.8 Å². The molecule has 0 fully saturated rings. The monoisotopic (exact) mass is 323 g/mol. The second-order valence-corrected chi connectivity index (χ2v) is 5.88. The molecule has 0 atom stereocenters. The molecule has 3 rings (SSSR count). The van der Waals surface area contributed by atoms with Crippen LogP contribution in [0.25, 0.3) is 0 Å². The maximum atomic E-state index is 13.5. The van der Waals surface area contributed by atoms with Gasteiger partial charge in [0.05, 0.1) is 11.4 Å². The zero-order valence-corrected chi connectivity index (χ0v) is 12.5. The summed E-state index contributed by atoms with van der Waals surface area (Å²) in [6.45, 7) is 1.41. The molecule has 1 aromatic carbocycles. The molecule has 2 aromatic rings. The molecule has 0 unspecified atom stereocenters. The Morgan fingerprint density at radius 2 is 2.32 bits per heavy atom. The average molecular weight is 323 g/mol. The van der Waals surface area contributed by atoms with Gasteiger partial charge in [-0.05, 0) is 12.1 Å². The van der Waals surface area contributed by atoms with Gasteiger partial charge in [-0.2, -0.15) is 0 Å². The summed E-state index contributed by atoms with van der Waals surface area (Å²) in [5.74, 6) is -0.00828. The van der Waals surface area contributed by atoms with Crippen LogP contribution < -0.4 is 11.1 Å². The molecule has 0 saturated carbocycles. The van der Waals surface area contributed by atoms with Crippen LogP contribution in [0.5, 0.6) is 0 Å². The number of rotatable bonds is 4. The van der Waals surface area contributed by atoms with Crippen molar-refractivity contribution in [2.45, 2.75) is 18.1 Å². The van der Waals surface area contributed by atoms with Crippen LogP contribution in [-0.4, -0.2) is 27.8 Å². The SMILES string of the molecule is NC(=NCCc1cn2c(n1)SCC2)Nc1cc(F)ccc1F. The predicted octanol–water partition coefficient (Wildman–Crippen LogP) is 2.24. The third kappa shape index (κ3) is 3.38. The van der Waals surface area contributed by atoms with Crippen LogP contribution in [0.3, 0.4) is 0 Å². The van der Waals surface area contributed by atoms with Crippen LogP contribution in [0.4, 0.5) is 14.5 Å². The molecular weight excluding hydrogens is 308 g/mol. The fourth-order valence-corrected chi connectivity index (χ4v) is 3.11. The number of fused-ring (bicyclic) bond motifs is 1. The number of aromatic nitrogens is 2. The van der Waals surface area contributed by atoms with Crippen LogP contribution in [0.1, 0.15) is 5.69 Å². The Morgan fingerprint density at radius 1 is 1.45 bits per heavy atom. The van der Waals surface area contributed by atoms with Gasteiger partial charge in [-0.3, -0.25) is 4.99 Å². The summed E-state index contributed by atoms with van der Waals surface area (Å²) in [4.78, 5) is 8.59. The molecule has 1 aliphatic rings. The van der Waals surface area contributed by atoms with Crippen LogP contribution in [0.2, 0.25) is 0 Å². The first-order valence-corrected chi connectivity index (χ1v) is 7.81. The number of thioether (sulfide) groups is 1. The zero-order chi connectivity index (χ0) is 15.5. The van der Waals surface area contributed by atoms with Crippen LogP contribution in [0, 0.1) is 11.6 Å². The number of imidazole rings is 1. The third-order valence-corrected chi connectivity index (χ3v) is 4.17. The number of anilines is 1. The van der Waals surface area contributed by atoms with Crippen molar-refractivity contribution in [2.75, 3.05) is 17.6 Å². The van der Waals surface area contributed by atoms with E-state index in [0.717, 1.165) is 41.3 Å². The number of benzene rings is 1. The van der Waals surface area contributed by atoms with E-state index in [9.17, 15) is 8.78 Å². The van der Waals surface area contributed by atoms with Crippen molar-refractivity contribution in [3.8, 4) is 0 Å². The van der Waals surface area contributed by atoms with E-state index >= 15 is 0 Å². The highest BCUT2D eigenvalue weighted by Gasteiger charge is 2.13. The van der Waals surface area contributed by atoms with E-state index in [0.29, 0.717) is 13.0 Å². The molecule has 0 aliphatic carbocycles. The van der Waals surface area contributed by atoms with Gasteiger partial charge in [0, 0.05) is 37.5 Å². The first kappa shape index (κ1) is 14.8. The van der Waals surface area contributed by atoms with Crippen molar-refractivity contribution in [3.05, 3.63) is 41.7 Å². The topological polar surface area (TPSA) is 68.2 Å². The fraction of sp³-hybridized carbons (Fsp3) is 0.286. The van der Waals surface area contributed by atoms with E-state index in [4.69, 9.17) is 5.73 Å².